The minimum Gasteiger partial charge on any atom is -0.367 e. The van der Waals surface area contributed by atoms with Crippen LogP contribution in [-0.4, -0.2) is 18.7 Å². The molecule has 2 fully saturated rings. The molecule has 4 atom stereocenters. The number of nitrogens with one attached hydrogen (secondary N) is 1. The maximum Gasteiger partial charge on any atom is 0.0953 e. The molecule has 1 N–H and O–H groups in total. The van der Waals surface area contributed by atoms with Gasteiger partial charge in [-0.25, -0.2) is 0 Å². The molecule has 1 aromatic rings. The van der Waals surface area contributed by atoms with E-state index in [-0.39, 0.29) is 6.10 Å². The van der Waals surface area contributed by atoms with Gasteiger partial charge in [-0.3, -0.25) is 0 Å². The van der Waals surface area contributed by atoms with Crippen LogP contribution in [0.4, 0.5) is 0 Å². The molecule has 0 spiro atoms. The average molecular weight is 231 g/mol. The van der Waals surface area contributed by atoms with Crippen LogP contribution in [0.1, 0.15) is 37.9 Å². The van der Waals surface area contributed by atoms with E-state index in [1.165, 1.54) is 24.8 Å². The molecule has 1 heterocycles. The molecule has 3 rings (SSSR count). The molecule has 2 heteroatoms. The van der Waals surface area contributed by atoms with Gasteiger partial charge in [-0.2, -0.15) is 0 Å². The zero-order chi connectivity index (χ0) is 11.7. The third kappa shape index (κ3) is 2.38. The van der Waals surface area contributed by atoms with Crippen LogP contribution in [0, 0.1) is 5.92 Å². The summed E-state index contributed by atoms with van der Waals surface area (Å²) in [5.41, 5.74) is 1.30. The lowest BCUT2D eigenvalue weighted by Crippen LogP contribution is -2.52. The highest BCUT2D eigenvalue weighted by Gasteiger charge is 2.35. The first kappa shape index (κ1) is 11.2. The molecular formula is C15H21NO. The Kier molecular flexibility index (Phi) is 3.17. The van der Waals surface area contributed by atoms with Gasteiger partial charge in [-0.05, 0) is 30.7 Å². The van der Waals surface area contributed by atoms with Crippen molar-refractivity contribution in [3.8, 4) is 0 Å². The third-order valence-electron chi connectivity index (χ3n) is 4.12. The van der Waals surface area contributed by atoms with Crippen molar-refractivity contribution in [3.05, 3.63) is 35.9 Å². The summed E-state index contributed by atoms with van der Waals surface area (Å²) in [6.07, 6.45) is 4.45. The molecular weight excluding hydrogens is 210 g/mol. The van der Waals surface area contributed by atoms with Gasteiger partial charge in [-0.1, -0.05) is 37.3 Å². The Balaban J connectivity index is 1.68. The Bertz CT molecular complexity index is 364. The van der Waals surface area contributed by atoms with Gasteiger partial charge < -0.3 is 10.1 Å². The zero-order valence-corrected chi connectivity index (χ0v) is 10.4. The maximum absolute atomic E-state index is 6.26. The fourth-order valence-corrected chi connectivity index (χ4v) is 3.11. The average Bonchev–Trinajstić information content (AvgIpc) is 2.39. The van der Waals surface area contributed by atoms with E-state index in [1.54, 1.807) is 0 Å². The van der Waals surface area contributed by atoms with Crippen LogP contribution in [0.15, 0.2) is 30.3 Å². The highest BCUT2D eigenvalue weighted by atomic mass is 16.5. The molecule has 0 aromatic heterocycles. The number of hydrogen-bond donors (Lipinski definition) is 1. The van der Waals surface area contributed by atoms with E-state index in [1.807, 2.05) is 0 Å². The minimum absolute atomic E-state index is 0.242. The first-order valence-electron chi connectivity index (χ1n) is 6.76. The number of rotatable bonds is 1. The zero-order valence-electron chi connectivity index (χ0n) is 10.4. The second-order valence-corrected chi connectivity index (χ2v) is 5.51. The molecule has 2 nitrogen and oxygen atoms in total. The van der Waals surface area contributed by atoms with Crippen LogP contribution in [0.25, 0.3) is 0 Å². The largest absolute Gasteiger partial charge is 0.367 e. The molecule has 1 aromatic carbocycles. The van der Waals surface area contributed by atoms with Crippen molar-refractivity contribution in [2.75, 3.05) is 6.54 Å². The van der Waals surface area contributed by atoms with Crippen molar-refractivity contribution in [1.82, 2.24) is 5.32 Å². The highest BCUT2D eigenvalue weighted by molar-refractivity contribution is 5.18. The maximum atomic E-state index is 6.26. The summed E-state index contributed by atoms with van der Waals surface area (Å²) in [5.74, 6) is 0.848. The predicted octanol–water partition coefficient (Wildman–Crippen LogP) is 2.90. The number of morpholine rings is 1. The smallest absolute Gasteiger partial charge is 0.0953 e. The Morgan fingerprint density at radius 1 is 1.18 bits per heavy atom. The number of fused-ring (bicyclic) bond motifs is 1. The Hall–Kier alpha value is -0.860. The summed E-state index contributed by atoms with van der Waals surface area (Å²) >= 11 is 0. The van der Waals surface area contributed by atoms with Crippen molar-refractivity contribution in [2.24, 2.45) is 5.92 Å². The first-order valence-corrected chi connectivity index (χ1v) is 6.76. The summed E-state index contributed by atoms with van der Waals surface area (Å²) in [7, 11) is 0. The van der Waals surface area contributed by atoms with E-state index in [2.05, 4.69) is 42.6 Å². The standard InChI is InChI=1S/C15H21NO/c1-11-7-8-14-13(9-11)16-10-15(17-14)12-5-3-2-4-6-12/h2-6,11,13-16H,7-10H2,1H3. The second-order valence-electron chi connectivity index (χ2n) is 5.51. The van der Waals surface area contributed by atoms with Gasteiger partial charge in [0.05, 0.1) is 12.2 Å². The Morgan fingerprint density at radius 3 is 2.82 bits per heavy atom. The minimum atomic E-state index is 0.242. The molecule has 1 saturated carbocycles. The topological polar surface area (TPSA) is 21.3 Å². The molecule has 4 unspecified atom stereocenters. The van der Waals surface area contributed by atoms with E-state index in [0.717, 1.165) is 12.5 Å². The second kappa shape index (κ2) is 4.79. The predicted molar refractivity (Wildman–Crippen MR) is 68.9 cm³/mol. The molecule has 1 saturated heterocycles. The quantitative estimate of drug-likeness (QED) is 0.802. The van der Waals surface area contributed by atoms with E-state index in [0.29, 0.717) is 12.1 Å². The molecule has 92 valence electrons. The van der Waals surface area contributed by atoms with Crippen LogP contribution in [0.5, 0.6) is 0 Å². The highest BCUT2D eigenvalue weighted by Crippen LogP contribution is 2.33. The van der Waals surface area contributed by atoms with Gasteiger partial charge in [0.25, 0.3) is 0 Å². The fourth-order valence-electron chi connectivity index (χ4n) is 3.11. The van der Waals surface area contributed by atoms with Crippen LogP contribution in [0.3, 0.4) is 0 Å². The van der Waals surface area contributed by atoms with E-state index >= 15 is 0 Å². The Labute approximate surface area is 103 Å². The van der Waals surface area contributed by atoms with E-state index in [4.69, 9.17) is 4.74 Å². The van der Waals surface area contributed by atoms with Crippen molar-refractivity contribution < 1.29 is 4.74 Å². The third-order valence-corrected chi connectivity index (χ3v) is 4.12. The lowest BCUT2D eigenvalue weighted by molar-refractivity contribution is -0.0856. The monoisotopic (exact) mass is 231 g/mol. The molecule has 0 radical (unpaired) electrons. The number of ether oxygens (including phenoxy) is 1. The van der Waals surface area contributed by atoms with Gasteiger partial charge in [0.1, 0.15) is 0 Å². The lowest BCUT2D eigenvalue weighted by atomic mass is 9.83. The molecule has 0 amide bonds. The van der Waals surface area contributed by atoms with Crippen LogP contribution < -0.4 is 5.32 Å². The first-order chi connectivity index (χ1) is 8.33. The van der Waals surface area contributed by atoms with Gasteiger partial charge >= 0.3 is 0 Å². The van der Waals surface area contributed by atoms with E-state index in [9.17, 15) is 0 Å². The normalized spacial score (nSPS) is 37.5. The fraction of sp³-hybridized carbons (Fsp3) is 0.600. The van der Waals surface area contributed by atoms with Crippen molar-refractivity contribution >= 4 is 0 Å². The number of hydrogen-bond acceptors (Lipinski definition) is 2. The summed E-state index contributed by atoms with van der Waals surface area (Å²) in [6.45, 7) is 3.30. The van der Waals surface area contributed by atoms with Gasteiger partial charge in [0, 0.05) is 12.6 Å². The summed E-state index contributed by atoms with van der Waals surface area (Å²) in [6, 6.07) is 11.2. The molecule has 2 aliphatic rings. The van der Waals surface area contributed by atoms with Crippen LogP contribution >= 0.6 is 0 Å². The van der Waals surface area contributed by atoms with Gasteiger partial charge in [0.15, 0.2) is 0 Å². The van der Waals surface area contributed by atoms with Crippen LogP contribution in [0.2, 0.25) is 0 Å². The molecule has 1 aliphatic heterocycles. The lowest BCUT2D eigenvalue weighted by Gasteiger charge is -2.42. The van der Waals surface area contributed by atoms with Crippen molar-refractivity contribution in [3.63, 3.8) is 0 Å². The molecule has 1 aliphatic carbocycles. The summed E-state index contributed by atoms with van der Waals surface area (Å²) in [4.78, 5) is 0. The van der Waals surface area contributed by atoms with Crippen molar-refractivity contribution in [1.29, 1.82) is 0 Å². The Morgan fingerprint density at radius 2 is 2.00 bits per heavy atom. The summed E-state index contributed by atoms with van der Waals surface area (Å²) < 4.78 is 6.26. The van der Waals surface area contributed by atoms with E-state index < -0.39 is 0 Å². The SMILES string of the molecule is CC1CCC2OC(c3ccccc3)CNC2C1. The van der Waals surface area contributed by atoms with Gasteiger partial charge in [-0.15, -0.1) is 0 Å². The number of benzene rings is 1. The molecule has 17 heavy (non-hydrogen) atoms. The van der Waals surface area contributed by atoms with Crippen LogP contribution in [-0.2, 0) is 4.74 Å². The summed E-state index contributed by atoms with van der Waals surface area (Å²) in [5, 5.41) is 3.68. The van der Waals surface area contributed by atoms with Crippen molar-refractivity contribution in [2.45, 2.75) is 44.4 Å². The molecule has 0 bridgehead atoms. The van der Waals surface area contributed by atoms with Gasteiger partial charge in [0.2, 0.25) is 0 Å².